The van der Waals surface area contributed by atoms with Crippen LogP contribution in [0.4, 0.5) is 0 Å². The van der Waals surface area contributed by atoms with Crippen LogP contribution in [0.5, 0.6) is 0 Å². The standard InChI is InChI=1S/C19H27BrO2/c1-12(9-15-10-13(2)18(21)22-15)16-6-7-17-14(11-20)5-4-8-19(16,17)3/h11-12,15-17H,2,4-10H2,1,3H3/b14-11+/t12-,15-,16-,17+,19-/m1/s1. The molecule has 0 bridgehead atoms. The Kier molecular flexibility index (Phi) is 4.55. The Labute approximate surface area is 142 Å². The van der Waals surface area contributed by atoms with Crippen molar-refractivity contribution in [2.75, 3.05) is 0 Å². The molecule has 0 radical (unpaired) electrons. The van der Waals surface area contributed by atoms with Crippen LogP contribution in [-0.2, 0) is 9.53 Å². The lowest BCUT2D eigenvalue weighted by Crippen LogP contribution is -2.36. The monoisotopic (exact) mass is 366 g/mol. The predicted molar refractivity (Wildman–Crippen MR) is 92.6 cm³/mol. The van der Waals surface area contributed by atoms with E-state index >= 15 is 0 Å². The smallest absolute Gasteiger partial charge is 0.333 e. The van der Waals surface area contributed by atoms with Gasteiger partial charge < -0.3 is 4.74 Å². The molecule has 122 valence electrons. The Bertz CT molecular complexity index is 494. The first kappa shape index (κ1) is 16.3. The van der Waals surface area contributed by atoms with Gasteiger partial charge in [-0.2, -0.15) is 0 Å². The summed E-state index contributed by atoms with van der Waals surface area (Å²) in [6, 6.07) is 0. The van der Waals surface area contributed by atoms with Gasteiger partial charge in [-0.05, 0) is 66.7 Å². The highest BCUT2D eigenvalue weighted by atomic mass is 79.9. The van der Waals surface area contributed by atoms with Gasteiger partial charge in [-0.25, -0.2) is 4.79 Å². The molecule has 2 saturated carbocycles. The summed E-state index contributed by atoms with van der Waals surface area (Å²) in [7, 11) is 0. The van der Waals surface area contributed by atoms with Crippen LogP contribution in [0.2, 0.25) is 0 Å². The SMILES string of the molecule is C=C1C[C@@H](C[C@@H](C)[C@H]2CC[C@H]3/C(=C/Br)CCC[C@]23C)OC1=O. The van der Waals surface area contributed by atoms with Gasteiger partial charge in [-0.1, -0.05) is 41.9 Å². The molecule has 0 unspecified atom stereocenters. The molecule has 3 fully saturated rings. The van der Waals surface area contributed by atoms with Crippen LogP contribution in [-0.4, -0.2) is 12.1 Å². The van der Waals surface area contributed by atoms with E-state index in [-0.39, 0.29) is 12.1 Å². The number of cyclic esters (lactones) is 1. The second kappa shape index (κ2) is 6.14. The molecule has 0 N–H and O–H groups in total. The summed E-state index contributed by atoms with van der Waals surface area (Å²) >= 11 is 3.58. The van der Waals surface area contributed by atoms with Crippen LogP contribution in [0.25, 0.3) is 0 Å². The van der Waals surface area contributed by atoms with Crippen LogP contribution < -0.4 is 0 Å². The van der Waals surface area contributed by atoms with Crippen molar-refractivity contribution in [3.63, 3.8) is 0 Å². The number of fused-ring (bicyclic) bond motifs is 1. The van der Waals surface area contributed by atoms with Crippen molar-refractivity contribution in [1.82, 2.24) is 0 Å². The summed E-state index contributed by atoms with van der Waals surface area (Å²) in [6.07, 6.45) is 8.32. The highest BCUT2D eigenvalue weighted by Crippen LogP contribution is 2.60. The van der Waals surface area contributed by atoms with Crippen LogP contribution in [0.15, 0.2) is 22.7 Å². The number of ether oxygens (including phenoxy) is 1. The van der Waals surface area contributed by atoms with Gasteiger partial charge in [0.2, 0.25) is 0 Å². The summed E-state index contributed by atoms with van der Waals surface area (Å²) in [5.41, 5.74) is 2.69. The Hall–Kier alpha value is -0.570. The summed E-state index contributed by atoms with van der Waals surface area (Å²) in [5, 5.41) is 0. The van der Waals surface area contributed by atoms with Crippen molar-refractivity contribution in [1.29, 1.82) is 0 Å². The molecule has 1 saturated heterocycles. The third kappa shape index (κ3) is 2.70. The third-order valence-corrected chi connectivity index (χ3v) is 7.12. The fourth-order valence-electron chi connectivity index (χ4n) is 5.49. The molecule has 3 heteroatoms. The Morgan fingerprint density at radius 1 is 1.50 bits per heavy atom. The molecule has 0 amide bonds. The average Bonchev–Trinajstić information content (AvgIpc) is 2.98. The largest absolute Gasteiger partial charge is 0.459 e. The predicted octanol–water partition coefficient (Wildman–Crippen LogP) is 5.38. The lowest BCUT2D eigenvalue weighted by molar-refractivity contribution is -0.139. The normalized spacial score (nSPS) is 41.6. The first-order valence-electron chi connectivity index (χ1n) is 8.63. The molecule has 5 atom stereocenters. The molecule has 22 heavy (non-hydrogen) atoms. The molecule has 3 rings (SSSR count). The minimum absolute atomic E-state index is 0.0624. The van der Waals surface area contributed by atoms with Crippen molar-refractivity contribution in [2.45, 2.75) is 64.9 Å². The average molecular weight is 367 g/mol. The van der Waals surface area contributed by atoms with Gasteiger partial charge in [0.1, 0.15) is 6.10 Å². The first-order valence-corrected chi connectivity index (χ1v) is 9.55. The van der Waals surface area contributed by atoms with Gasteiger partial charge in [-0.15, -0.1) is 0 Å². The van der Waals surface area contributed by atoms with Crippen molar-refractivity contribution in [3.8, 4) is 0 Å². The fourth-order valence-corrected chi connectivity index (χ4v) is 6.04. The highest BCUT2D eigenvalue weighted by Gasteiger charge is 2.51. The second-order valence-corrected chi connectivity index (χ2v) is 8.29. The second-order valence-electron chi connectivity index (χ2n) is 7.83. The number of hydrogen-bond acceptors (Lipinski definition) is 2. The zero-order valence-electron chi connectivity index (χ0n) is 13.7. The molecule has 0 aromatic heterocycles. The quantitative estimate of drug-likeness (QED) is 0.495. The van der Waals surface area contributed by atoms with Crippen LogP contribution in [0, 0.1) is 23.2 Å². The summed E-state index contributed by atoms with van der Waals surface area (Å²) in [4.78, 5) is 13.7. The number of carbonyl (C=O) groups is 1. The molecule has 1 heterocycles. The lowest BCUT2D eigenvalue weighted by Gasteiger charge is -2.44. The zero-order valence-corrected chi connectivity index (χ0v) is 15.3. The maximum Gasteiger partial charge on any atom is 0.333 e. The molecule has 2 aliphatic carbocycles. The maximum atomic E-state index is 11.5. The van der Waals surface area contributed by atoms with Gasteiger partial charge in [0, 0.05) is 12.0 Å². The fraction of sp³-hybridized carbons (Fsp3) is 0.737. The topological polar surface area (TPSA) is 26.3 Å². The van der Waals surface area contributed by atoms with E-state index in [9.17, 15) is 4.79 Å². The number of allylic oxidation sites excluding steroid dienone is 1. The van der Waals surface area contributed by atoms with Crippen molar-refractivity contribution < 1.29 is 9.53 Å². The van der Waals surface area contributed by atoms with Gasteiger partial charge in [0.15, 0.2) is 0 Å². The van der Waals surface area contributed by atoms with Gasteiger partial charge >= 0.3 is 5.97 Å². The minimum Gasteiger partial charge on any atom is -0.459 e. The summed E-state index contributed by atoms with van der Waals surface area (Å²) in [6.45, 7) is 8.66. The van der Waals surface area contributed by atoms with E-state index in [0.717, 1.165) is 24.7 Å². The zero-order chi connectivity index (χ0) is 15.9. The van der Waals surface area contributed by atoms with Crippen LogP contribution in [0.1, 0.15) is 58.8 Å². The maximum absolute atomic E-state index is 11.5. The van der Waals surface area contributed by atoms with E-state index in [2.05, 4.69) is 41.3 Å². The molecule has 2 nitrogen and oxygen atoms in total. The molecular formula is C19H27BrO2. The number of halogens is 1. The molecular weight excluding hydrogens is 340 g/mol. The van der Waals surface area contributed by atoms with E-state index in [1.807, 2.05) is 0 Å². The summed E-state index contributed by atoms with van der Waals surface area (Å²) < 4.78 is 5.46. The highest BCUT2D eigenvalue weighted by molar-refractivity contribution is 9.11. The number of hydrogen-bond donors (Lipinski definition) is 0. The van der Waals surface area contributed by atoms with E-state index in [1.54, 1.807) is 5.57 Å². The molecule has 3 aliphatic rings. The number of esters is 1. The number of carbonyl (C=O) groups excluding carboxylic acids is 1. The molecule has 0 aromatic carbocycles. The molecule has 1 aliphatic heterocycles. The van der Waals surface area contributed by atoms with Crippen molar-refractivity contribution >= 4 is 21.9 Å². The van der Waals surface area contributed by atoms with Crippen molar-refractivity contribution in [2.24, 2.45) is 23.2 Å². The number of rotatable bonds is 3. The first-order chi connectivity index (χ1) is 10.5. The van der Waals surface area contributed by atoms with Crippen molar-refractivity contribution in [3.05, 3.63) is 22.7 Å². The van der Waals surface area contributed by atoms with E-state index in [4.69, 9.17) is 4.74 Å². The van der Waals surface area contributed by atoms with E-state index < -0.39 is 0 Å². The Morgan fingerprint density at radius 3 is 2.91 bits per heavy atom. The Morgan fingerprint density at radius 2 is 2.27 bits per heavy atom. The summed E-state index contributed by atoms with van der Waals surface area (Å²) in [5.74, 6) is 1.91. The minimum atomic E-state index is -0.185. The van der Waals surface area contributed by atoms with Gasteiger partial charge in [-0.3, -0.25) is 0 Å². The van der Waals surface area contributed by atoms with E-state index in [1.165, 1.54) is 32.1 Å². The van der Waals surface area contributed by atoms with Gasteiger partial charge in [0.05, 0.1) is 0 Å². The lowest BCUT2D eigenvalue weighted by atomic mass is 9.61. The van der Waals surface area contributed by atoms with Gasteiger partial charge in [0.25, 0.3) is 0 Å². The molecule has 0 spiro atoms. The van der Waals surface area contributed by atoms with E-state index in [0.29, 0.717) is 16.9 Å². The third-order valence-electron chi connectivity index (χ3n) is 6.54. The van der Waals surface area contributed by atoms with Crippen LogP contribution in [0.3, 0.4) is 0 Å². The molecule has 0 aromatic rings. The van der Waals surface area contributed by atoms with Crippen LogP contribution >= 0.6 is 15.9 Å². The Balaban J connectivity index is 1.69.